The fourth-order valence-corrected chi connectivity index (χ4v) is 2.22. The summed E-state index contributed by atoms with van der Waals surface area (Å²) < 4.78 is 28.7. The molecule has 0 aliphatic rings. The van der Waals surface area contributed by atoms with Gasteiger partial charge < -0.3 is 9.88 Å². The van der Waals surface area contributed by atoms with E-state index in [2.05, 4.69) is 10.3 Å². The van der Waals surface area contributed by atoms with Gasteiger partial charge >= 0.3 is 0 Å². The summed E-state index contributed by atoms with van der Waals surface area (Å²) in [5.74, 6) is -1.51. The molecule has 0 aliphatic heterocycles. The molecule has 1 aromatic heterocycles. The number of alkyl halides is 1. The number of hydrogen-bond donors (Lipinski definition) is 1. The smallest absolute Gasteiger partial charge is 0.239 e. The maximum Gasteiger partial charge on any atom is 0.239 e. The van der Waals surface area contributed by atoms with Crippen LogP contribution in [0.3, 0.4) is 0 Å². The van der Waals surface area contributed by atoms with Crippen molar-refractivity contribution in [3.05, 3.63) is 29.6 Å². The number of nitrogens with zero attached hydrogens (tertiary/aromatic N) is 2. The first-order valence-electron chi connectivity index (χ1n) is 6.24. The first kappa shape index (κ1) is 14.7. The standard InChI is InChI=1S/C13H14ClF2N3O/c1-2-17-11(20)7-19-10(5-6-14)18-9-4-3-8(15)12(16)13(9)19/h3-4H,2,5-7H2,1H3,(H,17,20). The average molecular weight is 302 g/mol. The second kappa shape index (κ2) is 6.17. The fourth-order valence-electron chi connectivity index (χ4n) is 2.05. The van der Waals surface area contributed by atoms with E-state index in [0.717, 1.165) is 6.07 Å². The van der Waals surface area contributed by atoms with E-state index >= 15 is 0 Å². The lowest BCUT2D eigenvalue weighted by molar-refractivity contribution is -0.121. The summed E-state index contributed by atoms with van der Waals surface area (Å²) in [6, 6.07) is 2.41. The van der Waals surface area contributed by atoms with Crippen LogP contribution >= 0.6 is 11.6 Å². The van der Waals surface area contributed by atoms with Gasteiger partial charge in [0, 0.05) is 18.8 Å². The first-order valence-corrected chi connectivity index (χ1v) is 6.77. The van der Waals surface area contributed by atoms with Crippen LogP contribution in [0, 0.1) is 11.6 Å². The van der Waals surface area contributed by atoms with Crippen molar-refractivity contribution in [2.45, 2.75) is 19.9 Å². The van der Waals surface area contributed by atoms with E-state index in [4.69, 9.17) is 11.6 Å². The summed E-state index contributed by atoms with van der Waals surface area (Å²) in [5, 5.41) is 2.62. The number of hydrogen-bond acceptors (Lipinski definition) is 2. The molecule has 2 aromatic rings. The molecule has 108 valence electrons. The zero-order valence-electron chi connectivity index (χ0n) is 10.9. The Morgan fingerprint density at radius 1 is 1.45 bits per heavy atom. The third kappa shape index (κ3) is 2.75. The number of aryl methyl sites for hydroxylation is 1. The Labute approximate surface area is 119 Å². The number of benzene rings is 1. The van der Waals surface area contributed by atoms with Crippen LogP contribution in [0.25, 0.3) is 11.0 Å². The zero-order chi connectivity index (χ0) is 14.7. The topological polar surface area (TPSA) is 46.9 Å². The van der Waals surface area contributed by atoms with E-state index in [1.807, 2.05) is 0 Å². The Morgan fingerprint density at radius 2 is 2.20 bits per heavy atom. The molecule has 0 saturated heterocycles. The summed E-state index contributed by atoms with van der Waals surface area (Å²) >= 11 is 5.68. The van der Waals surface area contributed by atoms with Crippen molar-refractivity contribution >= 4 is 28.5 Å². The zero-order valence-corrected chi connectivity index (χ0v) is 11.7. The summed E-state index contributed by atoms with van der Waals surface area (Å²) in [7, 11) is 0. The van der Waals surface area contributed by atoms with Gasteiger partial charge in [-0.1, -0.05) is 0 Å². The van der Waals surface area contributed by atoms with Crippen molar-refractivity contribution < 1.29 is 13.6 Å². The second-order valence-corrected chi connectivity index (χ2v) is 4.61. The Hall–Kier alpha value is -1.69. The molecule has 1 N–H and O–H groups in total. The van der Waals surface area contributed by atoms with Crippen molar-refractivity contribution in [3.63, 3.8) is 0 Å². The molecule has 0 unspecified atom stereocenters. The molecular formula is C13H14ClF2N3O. The number of aromatic nitrogens is 2. The summed E-state index contributed by atoms with van der Waals surface area (Å²) in [6.07, 6.45) is 0.372. The van der Waals surface area contributed by atoms with Crippen LogP contribution in [0.5, 0.6) is 0 Å². The molecule has 0 bridgehead atoms. The number of nitrogens with one attached hydrogen (secondary N) is 1. The molecule has 2 rings (SSSR count). The van der Waals surface area contributed by atoms with Gasteiger partial charge in [-0.05, 0) is 19.1 Å². The largest absolute Gasteiger partial charge is 0.355 e. The van der Waals surface area contributed by atoms with Gasteiger partial charge in [0.15, 0.2) is 11.6 Å². The van der Waals surface area contributed by atoms with Gasteiger partial charge in [-0.15, -0.1) is 11.6 Å². The number of carbonyl (C=O) groups excluding carboxylic acids is 1. The van der Waals surface area contributed by atoms with Gasteiger partial charge in [0.25, 0.3) is 0 Å². The SMILES string of the molecule is CCNC(=O)Cn1c(CCCl)nc2ccc(F)c(F)c21. The molecule has 7 heteroatoms. The van der Waals surface area contributed by atoms with Crippen LogP contribution in [-0.4, -0.2) is 27.9 Å². The number of halogens is 3. The van der Waals surface area contributed by atoms with E-state index in [1.165, 1.54) is 10.6 Å². The maximum atomic E-state index is 13.9. The van der Waals surface area contributed by atoms with Gasteiger partial charge in [0.2, 0.25) is 5.91 Å². The molecule has 0 fully saturated rings. The lowest BCUT2D eigenvalue weighted by Gasteiger charge is -2.09. The monoisotopic (exact) mass is 301 g/mol. The van der Waals surface area contributed by atoms with Gasteiger partial charge in [0.1, 0.15) is 17.9 Å². The van der Waals surface area contributed by atoms with Crippen molar-refractivity contribution in [2.75, 3.05) is 12.4 Å². The van der Waals surface area contributed by atoms with Crippen LogP contribution in [-0.2, 0) is 17.8 Å². The highest BCUT2D eigenvalue weighted by molar-refractivity contribution is 6.17. The van der Waals surface area contributed by atoms with Crippen molar-refractivity contribution in [3.8, 4) is 0 Å². The minimum absolute atomic E-state index is 0.00336. The van der Waals surface area contributed by atoms with Crippen molar-refractivity contribution in [2.24, 2.45) is 0 Å². The van der Waals surface area contributed by atoms with E-state index in [9.17, 15) is 13.6 Å². The molecule has 1 amide bonds. The number of amides is 1. The van der Waals surface area contributed by atoms with Crippen LogP contribution < -0.4 is 5.32 Å². The predicted octanol–water partition coefficient (Wildman–Crippen LogP) is 2.23. The quantitative estimate of drug-likeness (QED) is 0.861. The normalized spacial score (nSPS) is 11.0. The second-order valence-electron chi connectivity index (χ2n) is 4.24. The molecule has 4 nitrogen and oxygen atoms in total. The maximum absolute atomic E-state index is 13.9. The third-order valence-corrected chi connectivity index (χ3v) is 3.06. The molecule has 1 heterocycles. The van der Waals surface area contributed by atoms with E-state index in [0.29, 0.717) is 24.3 Å². The molecule has 0 radical (unpaired) electrons. The fraction of sp³-hybridized carbons (Fsp3) is 0.385. The Balaban J connectivity index is 2.54. The lowest BCUT2D eigenvalue weighted by atomic mass is 10.3. The van der Waals surface area contributed by atoms with Crippen LogP contribution in [0.1, 0.15) is 12.7 Å². The highest BCUT2D eigenvalue weighted by atomic mass is 35.5. The van der Waals surface area contributed by atoms with Crippen molar-refractivity contribution in [1.82, 2.24) is 14.9 Å². The Morgan fingerprint density at radius 3 is 2.85 bits per heavy atom. The summed E-state index contributed by atoms with van der Waals surface area (Å²) in [6.45, 7) is 2.13. The number of fused-ring (bicyclic) bond motifs is 1. The molecule has 0 atom stereocenters. The van der Waals surface area contributed by atoms with Gasteiger partial charge in [-0.2, -0.15) is 0 Å². The van der Waals surface area contributed by atoms with Gasteiger partial charge in [-0.3, -0.25) is 4.79 Å². The van der Waals surface area contributed by atoms with E-state index in [1.54, 1.807) is 6.92 Å². The first-order chi connectivity index (χ1) is 9.58. The molecule has 20 heavy (non-hydrogen) atoms. The van der Waals surface area contributed by atoms with Crippen LogP contribution in [0.2, 0.25) is 0 Å². The van der Waals surface area contributed by atoms with E-state index in [-0.39, 0.29) is 23.8 Å². The summed E-state index contributed by atoms with van der Waals surface area (Å²) in [4.78, 5) is 15.9. The molecule has 1 aromatic carbocycles. The number of rotatable bonds is 5. The Bertz CT molecular complexity index is 642. The molecule has 0 saturated carbocycles. The highest BCUT2D eigenvalue weighted by Gasteiger charge is 2.18. The molecular weight excluding hydrogens is 288 g/mol. The highest BCUT2D eigenvalue weighted by Crippen LogP contribution is 2.22. The minimum atomic E-state index is -1.000. The number of imidazole rings is 1. The average Bonchev–Trinajstić information content (AvgIpc) is 2.74. The molecule has 0 aliphatic carbocycles. The van der Waals surface area contributed by atoms with Crippen LogP contribution in [0.15, 0.2) is 12.1 Å². The minimum Gasteiger partial charge on any atom is -0.355 e. The van der Waals surface area contributed by atoms with E-state index < -0.39 is 11.6 Å². The lowest BCUT2D eigenvalue weighted by Crippen LogP contribution is -2.28. The summed E-state index contributed by atoms with van der Waals surface area (Å²) in [5.41, 5.74) is 0.310. The van der Waals surface area contributed by atoms with Gasteiger partial charge in [0.05, 0.1) is 5.52 Å². The van der Waals surface area contributed by atoms with Crippen LogP contribution in [0.4, 0.5) is 8.78 Å². The third-order valence-electron chi connectivity index (χ3n) is 2.87. The number of carbonyl (C=O) groups is 1. The molecule has 0 spiro atoms. The van der Waals surface area contributed by atoms with Gasteiger partial charge in [-0.25, -0.2) is 13.8 Å². The Kier molecular flexibility index (Phi) is 4.54. The predicted molar refractivity (Wildman–Crippen MR) is 72.8 cm³/mol. The van der Waals surface area contributed by atoms with Crippen molar-refractivity contribution in [1.29, 1.82) is 0 Å². The number of likely N-dealkylation sites (N-methyl/N-ethyl adjacent to an activating group) is 1.